The van der Waals surface area contributed by atoms with Crippen molar-refractivity contribution in [3.05, 3.63) is 0 Å². The summed E-state index contributed by atoms with van der Waals surface area (Å²) in [6, 6.07) is 0. The standard InChI is InChI=1S/C5H9FO/c1-5(7)3-2-4(5)6/h4,7H,2-3H2,1H3/t4?,5-/m0/s1. The third-order valence-corrected chi connectivity index (χ3v) is 1.58. The van der Waals surface area contributed by atoms with E-state index in [1.54, 1.807) is 0 Å². The van der Waals surface area contributed by atoms with Crippen LogP contribution in [0.1, 0.15) is 19.8 Å². The number of halogens is 1. The molecule has 1 nitrogen and oxygen atoms in total. The molecule has 0 spiro atoms. The van der Waals surface area contributed by atoms with E-state index in [1.807, 2.05) is 0 Å². The predicted octanol–water partition coefficient (Wildman–Crippen LogP) is 0.869. The second kappa shape index (κ2) is 1.19. The largest absolute Gasteiger partial charge is 0.387 e. The molecule has 0 amide bonds. The van der Waals surface area contributed by atoms with Gasteiger partial charge in [0, 0.05) is 0 Å². The van der Waals surface area contributed by atoms with Crippen LogP contribution >= 0.6 is 0 Å². The zero-order valence-corrected chi connectivity index (χ0v) is 4.32. The molecule has 42 valence electrons. The molecule has 2 heteroatoms. The molecular formula is C5H9FO. The summed E-state index contributed by atoms with van der Waals surface area (Å²) < 4.78 is 12.0. The van der Waals surface area contributed by atoms with Gasteiger partial charge >= 0.3 is 0 Å². The third-order valence-electron chi connectivity index (χ3n) is 1.58. The van der Waals surface area contributed by atoms with Gasteiger partial charge in [0.2, 0.25) is 0 Å². The fourth-order valence-electron chi connectivity index (χ4n) is 0.671. The number of alkyl halides is 1. The van der Waals surface area contributed by atoms with Gasteiger partial charge < -0.3 is 5.11 Å². The molecule has 1 N–H and O–H groups in total. The van der Waals surface area contributed by atoms with Crippen LogP contribution in [0.25, 0.3) is 0 Å². The van der Waals surface area contributed by atoms with Gasteiger partial charge in [0.25, 0.3) is 0 Å². The lowest BCUT2D eigenvalue weighted by atomic mass is 9.80. The average molecular weight is 104 g/mol. The Morgan fingerprint density at radius 1 is 1.86 bits per heavy atom. The molecule has 2 atom stereocenters. The van der Waals surface area contributed by atoms with E-state index < -0.39 is 11.8 Å². The van der Waals surface area contributed by atoms with Gasteiger partial charge in [-0.25, -0.2) is 4.39 Å². The lowest BCUT2D eigenvalue weighted by molar-refractivity contribution is -0.0919. The summed E-state index contributed by atoms with van der Waals surface area (Å²) in [6.07, 6.45) is 0.189. The lowest BCUT2D eigenvalue weighted by Crippen LogP contribution is -2.45. The van der Waals surface area contributed by atoms with Crippen molar-refractivity contribution in [3.63, 3.8) is 0 Å². The summed E-state index contributed by atoms with van der Waals surface area (Å²) >= 11 is 0. The molecule has 0 aromatic heterocycles. The summed E-state index contributed by atoms with van der Waals surface area (Å²) in [5.74, 6) is 0. The minimum Gasteiger partial charge on any atom is -0.387 e. The van der Waals surface area contributed by atoms with Gasteiger partial charge in [0.05, 0.1) is 5.60 Å². The van der Waals surface area contributed by atoms with Crippen LogP contribution in [0.3, 0.4) is 0 Å². The number of aliphatic hydroxyl groups is 1. The maximum Gasteiger partial charge on any atom is 0.128 e. The first-order chi connectivity index (χ1) is 3.13. The molecule has 1 rings (SSSR count). The van der Waals surface area contributed by atoms with E-state index in [-0.39, 0.29) is 0 Å². The normalized spacial score (nSPS) is 51.0. The number of hydrogen-bond acceptors (Lipinski definition) is 1. The molecule has 1 fully saturated rings. The van der Waals surface area contributed by atoms with Crippen molar-refractivity contribution in [2.45, 2.75) is 31.5 Å². The Kier molecular flexibility index (Phi) is 0.854. The number of rotatable bonds is 0. The first kappa shape index (κ1) is 5.04. The Bertz CT molecular complexity index is 80.1. The molecule has 1 aliphatic rings. The highest BCUT2D eigenvalue weighted by Gasteiger charge is 2.40. The van der Waals surface area contributed by atoms with Gasteiger partial charge in [-0.05, 0) is 19.8 Å². The van der Waals surface area contributed by atoms with E-state index in [2.05, 4.69) is 0 Å². The second-order valence-electron chi connectivity index (χ2n) is 2.36. The summed E-state index contributed by atoms with van der Waals surface area (Å²) in [4.78, 5) is 0. The maximum atomic E-state index is 12.0. The molecule has 7 heavy (non-hydrogen) atoms. The van der Waals surface area contributed by atoms with Gasteiger partial charge in [-0.2, -0.15) is 0 Å². The van der Waals surface area contributed by atoms with E-state index >= 15 is 0 Å². The Morgan fingerprint density at radius 2 is 2.29 bits per heavy atom. The van der Waals surface area contributed by atoms with Crippen molar-refractivity contribution < 1.29 is 9.50 Å². The van der Waals surface area contributed by atoms with E-state index in [1.165, 1.54) is 6.92 Å². The molecule has 0 bridgehead atoms. The van der Waals surface area contributed by atoms with Gasteiger partial charge in [-0.3, -0.25) is 0 Å². The first-order valence-electron chi connectivity index (χ1n) is 2.49. The van der Waals surface area contributed by atoms with Crippen LogP contribution in [0.2, 0.25) is 0 Å². The summed E-state index contributed by atoms with van der Waals surface area (Å²) in [5.41, 5.74) is -0.986. The molecule has 0 radical (unpaired) electrons. The summed E-state index contributed by atoms with van der Waals surface area (Å²) in [6.45, 7) is 1.53. The highest BCUT2D eigenvalue weighted by Crippen LogP contribution is 2.33. The van der Waals surface area contributed by atoms with Crippen molar-refractivity contribution in [1.82, 2.24) is 0 Å². The summed E-state index contributed by atoms with van der Waals surface area (Å²) in [5, 5.41) is 8.81. The van der Waals surface area contributed by atoms with E-state index in [4.69, 9.17) is 5.11 Å². The van der Waals surface area contributed by atoms with Gasteiger partial charge in [-0.1, -0.05) is 0 Å². The topological polar surface area (TPSA) is 20.2 Å². The van der Waals surface area contributed by atoms with Crippen LogP contribution in [-0.2, 0) is 0 Å². The summed E-state index contributed by atoms with van der Waals surface area (Å²) in [7, 11) is 0. The zero-order chi connectivity index (χ0) is 5.49. The molecule has 1 unspecified atom stereocenters. The maximum absolute atomic E-state index is 12.0. The lowest BCUT2D eigenvalue weighted by Gasteiger charge is -2.36. The Balaban J connectivity index is 2.43. The molecule has 0 saturated heterocycles. The van der Waals surface area contributed by atoms with Crippen molar-refractivity contribution in [1.29, 1.82) is 0 Å². The highest BCUT2D eigenvalue weighted by atomic mass is 19.1. The fourth-order valence-corrected chi connectivity index (χ4v) is 0.671. The monoisotopic (exact) mass is 104 g/mol. The van der Waals surface area contributed by atoms with E-state index in [9.17, 15) is 4.39 Å². The van der Waals surface area contributed by atoms with E-state index in [0.29, 0.717) is 12.8 Å². The Morgan fingerprint density at radius 3 is 2.29 bits per heavy atom. The molecule has 1 aliphatic carbocycles. The van der Waals surface area contributed by atoms with Crippen molar-refractivity contribution in [3.8, 4) is 0 Å². The molecular weight excluding hydrogens is 95.1 g/mol. The van der Waals surface area contributed by atoms with Crippen LogP contribution in [0.5, 0.6) is 0 Å². The third kappa shape index (κ3) is 0.630. The van der Waals surface area contributed by atoms with Crippen LogP contribution in [0.4, 0.5) is 4.39 Å². The minimum atomic E-state index is -0.986. The van der Waals surface area contributed by atoms with Gasteiger partial charge in [0.15, 0.2) is 0 Å². The van der Waals surface area contributed by atoms with Crippen molar-refractivity contribution in [2.75, 3.05) is 0 Å². The Labute approximate surface area is 42.2 Å². The van der Waals surface area contributed by atoms with Crippen LogP contribution in [-0.4, -0.2) is 16.9 Å². The molecule has 1 saturated carbocycles. The van der Waals surface area contributed by atoms with Crippen molar-refractivity contribution >= 4 is 0 Å². The van der Waals surface area contributed by atoms with Gasteiger partial charge in [-0.15, -0.1) is 0 Å². The minimum absolute atomic E-state index is 0.535. The average Bonchev–Trinajstić information content (AvgIpc) is 1.63. The van der Waals surface area contributed by atoms with Gasteiger partial charge in [0.1, 0.15) is 6.17 Å². The highest BCUT2D eigenvalue weighted by molar-refractivity contribution is 4.92. The smallest absolute Gasteiger partial charge is 0.128 e. The molecule has 0 aliphatic heterocycles. The Hall–Kier alpha value is -0.110. The number of hydrogen-bond donors (Lipinski definition) is 1. The van der Waals surface area contributed by atoms with Crippen LogP contribution < -0.4 is 0 Å². The van der Waals surface area contributed by atoms with Crippen LogP contribution in [0.15, 0.2) is 0 Å². The second-order valence-corrected chi connectivity index (χ2v) is 2.36. The van der Waals surface area contributed by atoms with E-state index in [0.717, 1.165) is 0 Å². The molecule has 0 heterocycles. The first-order valence-corrected chi connectivity index (χ1v) is 2.49. The quantitative estimate of drug-likeness (QED) is 0.483. The van der Waals surface area contributed by atoms with Crippen LogP contribution in [0, 0.1) is 0 Å². The predicted molar refractivity (Wildman–Crippen MR) is 24.8 cm³/mol. The van der Waals surface area contributed by atoms with Crippen molar-refractivity contribution in [2.24, 2.45) is 0 Å². The SMILES string of the molecule is C[C@]1(O)CCC1F. The fraction of sp³-hybridized carbons (Fsp3) is 1.00. The zero-order valence-electron chi connectivity index (χ0n) is 4.32. The molecule has 0 aromatic rings. The molecule has 0 aromatic carbocycles.